The molecule has 2 aromatic rings. The van der Waals surface area contributed by atoms with Crippen LogP contribution >= 0.6 is 0 Å². The Hall–Kier alpha value is -2.34. The van der Waals surface area contributed by atoms with Crippen molar-refractivity contribution in [3.63, 3.8) is 0 Å². The second-order valence-electron chi connectivity index (χ2n) is 5.04. The van der Waals surface area contributed by atoms with Crippen molar-refractivity contribution >= 4 is 11.7 Å². The predicted octanol–water partition coefficient (Wildman–Crippen LogP) is 2.17. The third-order valence-electron chi connectivity index (χ3n) is 3.26. The quantitative estimate of drug-likeness (QED) is 0.823. The molecule has 2 N–H and O–H groups in total. The first-order valence-corrected chi connectivity index (χ1v) is 7.46. The Morgan fingerprint density at radius 2 is 2.09 bits per heavy atom. The lowest BCUT2D eigenvalue weighted by molar-refractivity contribution is 0.188. The van der Waals surface area contributed by atoms with Gasteiger partial charge >= 0.3 is 6.03 Å². The molecule has 0 aliphatic heterocycles. The number of nitrogens with one attached hydrogen (secondary N) is 1. The number of amides is 2. The summed E-state index contributed by atoms with van der Waals surface area (Å²) in [6.45, 7) is 3.65. The molecule has 2 rings (SSSR count). The first-order valence-electron chi connectivity index (χ1n) is 7.46. The molecule has 118 valence electrons. The topological polar surface area (TPSA) is 70.4 Å². The molecule has 2 amide bonds. The Balaban J connectivity index is 1.93. The summed E-state index contributed by atoms with van der Waals surface area (Å²) in [5.74, 6) is 0. The molecule has 1 aromatic carbocycles. The van der Waals surface area contributed by atoms with Gasteiger partial charge in [-0.15, -0.1) is 0 Å². The Morgan fingerprint density at radius 3 is 2.68 bits per heavy atom. The molecule has 22 heavy (non-hydrogen) atoms. The van der Waals surface area contributed by atoms with Gasteiger partial charge in [-0.2, -0.15) is 5.10 Å². The van der Waals surface area contributed by atoms with Crippen LogP contribution in [-0.2, 0) is 6.54 Å². The van der Waals surface area contributed by atoms with Crippen LogP contribution in [0, 0.1) is 0 Å². The molecule has 0 spiro atoms. The lowest BCUT2D eigenvalue weighted by Crippen LogP contribution is -2.37. The van der Waals surface area contributed by atoms with E-state index in [1.165, 1.54) is 0 Å². The monoisotopic (exact) mass is 302 g/mol. The van der Waals surface area contributed by atoms with Gasteiger partial charge in [-0.05, 0) is 30.2 Å². The summed E-state index contributed by atoms with van der Waals surface area (Å²) >= 11 is 0. The summed E-state index contributed by atoms with van der Waals surface area (Å²) < 4.78 is 1.85. The Morgan fingerprint density at radius 1 is 1.32 bits per heavy atom. The molecule has 0 fully saturated rings. The molecule has 6 nitrogen and oxygen atoms in total. The van der Waals surface area contributed by atoms with E-state index >= 15 is 0 Å². The van der Waals surface area contributed by atoms with Crippen molar-refractivity contribution in [2.75, 3.05) is 25.0 Å². The van der Waals surface area contributed by atoms with E-state index in [0.29, 0.717) is 19.6 Å². The zero-order valence-corrected chi connectivity index (χ0v) is 12.8. The second kappa shape index (κ2) is 8.19. The molecule has 6 heteroatoms. The van der Waals surface area contributed by atoms with Crippen LogP contribution < -0.4 is 5.32 Å². The lowest BCUT2D eigenvalue weighted by Gasteiger charge is -2.21. The Kier molecular flexibility index (Phi) is 5.97. The molecule has 0 aliphatic rings. The van der Waals surface area contributed by atoms with Crippen LogP contribution in [0.2, 0.25) is 0 Å². The highest BCUT2D eigenvalue weighted by molar-refractivity contribution is 5.89. The number of aliphatic hydroxyl groups excluding tert-OH is 1. The SMILES string of the molecule is CCCN(CCO)C(=O)Nc1ccc(Cn2cccn2)cc1. The fraction of sp³-hybridized carbons (Fsp3) is 0.375. The van der Waals surface area contributed by atoms with E-state index in [1.807, 2.05) is 48.1 Å². The van der Waals surface area contributed by atoms with Gasteiger partial charge in [0.1, 0.15) is 0 Å². The Bertz CT molecular complexity index is 560. The molecule has 0 radical (unpaired) electrons. The first-order chi connectivity index (χ1) is 10.7. The highest BCUT2D eigenvalue weighted by Crippen LogP contribution is 2.11. The summed E-state index contributed by atoms with van der Waals surface area (Å²) in [6.07, 6.45) is 4.52. The number of hydrogen-bond donors (Lipinski definition) is 2. The number of urea groups is 1. The highest BCUT2D eigenvalue weighted by Gasteiger charge is 2.11. The number of hydrogen-bond acceptors (Lipinski definition) is 3. The van der Waals surface area contributed by atoms with Crippen molar-refractivity contribution in [2.45, 2.75) is 19.9 Å². The van der Waals surface area contributed by atoms with Gasteiger partial charge in [-0.1, -0.05) is 19.1 Å². The minimum atomic E-state index is -0.185. The zero-order valence-electron chi connectivity index (χ0n) is 12.8. The molecule has 1 heterocycles. The van der Waals surface area contributed by atoms with Gasteiger partial charge in [0.25, 0.3) is 0 Å². The summed E-state index contributed by atoms with van der Waals surface area (Å²) in [5, 5.41) is 16.0. The lowest BCUT2D eigenvalue weighted by atomic mass is 10.2. The number of benzene rings is 1. The predicted molar refractivity (Wildman–Crippen MR) is 85.7 cm³/mol. The van der Waals surface area contributed by atoms with Crippen molar-refractivity contribution in [1.29, 1.82) is 0 Å². The van der Waals surface area contributed by atoms with Crippen molar-refractivity contribution in [1.82, 2.24) is 14.7 Å². The molecular weight excluding hydrogens is 280 g/mol. The highest BCUT2D eigenvalue weighted by atomic mass is 16.3. The number of aromatic nitrogens is 2. The zero-order chi connectivity index (χ0) is 15.8. The van der Waals surface area contributed by atoms with E-state index in [2.05, 4.69) is 10.4 Å². The largest absolute Gasteiger partial charge is 0.395 e. The molecule has 0 saturated carbocycles. The van der Waals surface area contributed by atoms with E-state index in [1.54, 1.807) is 11.1 Å². The van der Waals surface area contributed by atoms with Crippen molar-refractivity contribution in [3.05, 3.63) is 48.3 Å². The van der Waals surface area contributed by atoms with Crippen LogP contribution in [0.15, 0.2) is 42.7 Å². The third kappa shape index (κ3) is 4.60. The van der Waals surface area contributed by atoms with Crippen LogP contribution in [0.1, 0.15) is 18.9 Å². The van der Waals surface area contributed by atoms with Crippen LogP contribution in [0.4, 0.5) is 10.5 Å². The minimum Gasteiger partial charge on any atom is -0.395 e. The van der Waals surface area contributed by atoms with Crippen molar-refractivity contribution < 1.29 is 9.90 Å². The molecular formula is C16H22N4O2. The van der Waals surface area contributed by atoms with E-state index in [0.717, 1.165) is 17.7 Å². The van der Waals surface area contributed by atoms with Crippen molar-refractivity contribution in [3.8, 4) is 0 Å². The number of carbonyl (C=O) groups is 1. The summed E-state index contributed by atoms with van der Waals surface area (Å²) in [6, 6.07) is 9.38. The second-order valence-corrected chi connectivity index (χ2v) is 5.04. The maximum absolute atomic E-state index is 12.1. The normalized spacial score (nSPS) is 10.5. The van der Waals surface area contributed by atoms with E-state index in [-0.39, 0.29) is 12.6 Å². The van der Waals surface area contributed by atoms with Crippen LogP contribution in [0.5, 0.6) is 0 Å². The Labute approximate surface area is 130 Å². The summed E-state index contributed by atoms with van der Waals surface area (Å²) in [7, 11) is 0. The molecule has 0 aliphatic carbocycles. The van der Waals surface area contributed by atoms with Gasteiger partial charge in [0.05, 0.1) is 13.2 Å². The van der Waals surface area contributed by atoms with Crippen molar-refractivity contribution in [2.24, 2.45) is 0 Å². The van der Waals surface area contributed by atoms with Gasteiger partial charge in [0.2, 0.25) is 0 Å². The standard InChI is InChI=1S/C16H22N4O2/c1-2-9-19(11-12-21)16(22)18-15-6-4-14(5-7-15)13-20-10-3-8-17-20/h3-8,10,21H,2,9,11-13H2,1H3,(H,18,22). The van der Waals surface area contributed by atoms with E-state index in [9.17, 15) is 4.79 Å². The van der Waals surface area contributed by atoms with E-state index < -0.39 is 0 Å². The number of aliphatic hydroxyl groups is 1. The molecule has 0 saturated heterocycles. The van der Waals surface area contributed by atoms with Gasteiger partial charge in [0.15, 0.2) is 0 Å². The number of rotatable bonds is 7. The maximum atomic E-state index is 12.1. The smallest absolute Gasteiger partial charge is 0.321 e. The maximum Gasteiger partial charge on any atom is 0.321 e. The first kappa shape index (κ1) is 16.0. The molecule has 1 aromatic heterocycles. The van der Waals surface area contributed by atoms with E-state index in [4.69, 9.17) is 5.11 Å². The fourth-order valence-corrected chi connectivity index (χ4v) is 2.18. The van der Waals surface area contributed by atoms with Gasteiger partial charge in [-0.25, -0.2) is 4.79 Å². The average molecular weight is 302 g/mol. The van der Waals surface area contributed by atoms with Crippen LogP contribution in [-0.4, -0.2) is 45.5 Å². The van der Waals surface area contributed by atoms with Gasteiger partial charge < -0.3 is 15.3 Å². The number of anilines is 1. The average Bonchev–Trinajstić information content (AvgIpc) is 3.02. The summed E-state index contributed by atoms with van der Waals surface area (Å²) in [5.41, 5.74) is 1.86. The molecule has 0 unspecified atom stereocenters. The van der Waals surface area contributed by atoms with Gasteiger partial charge in [0, 0.05) is 31.2 Å². The number of nitrogens with zero attached hydrogens (tertiary/aromatic N) is 3. The molecule has 0 atom stereocenters. The van der Waals surface area contributed by atoms with Crippen LogP contribution in [0.3, 0.4) is 0 Å². The number of carbonyl (C=O) groups excluding carboxylic acids is 1. The minimum absolute atomic E-state index is 0.0315. The van der Waals surface area contributed by atoms with Gasteiger partial charge in [-0.3, -0.25) is 4.68 Å². The van der Waals surface area contributed by atoms with Crippen LogP contribution in [0.25, 0.3) is 0 Å². The summed E-state index contributed by atoms with van der Waals surface area (Å²) in [4.78, 5) is 13.7. The third-order valence-corrected chi connectivity index (χ3v) is 3.26. The molecule has 0 bridgehead atoms. The fourth-order valence-electron chi connectivity index (χ4n) is 2.18.